The average molecular weight is 822 g/mol. The Kier molecular flexibility index (Phi) is 7.96. The molecule has 0 spiro atoms. The molecule has 0 amide bonds. The molecule has 1 aliphatic rings. The molecule has 13 rings (SSSR count). The van der Waals surface area contributed by atoms with Crippen LogP contribution in [0.4, 0.5) is 0 Å². The van der Waals surface area contributed by atoms with Gasteiger partial charge in [0, 0.05) is 47.6 Å². The molecule has 4 nitrogen and oxygen atoms in total. The van der Waals surface area contributed by atoms with E-state index in [0.29, 0.717) is 17.5 Å². The Labute approximate surface area is 367 Å². The number of rotatable bonds is 6. The van der Waals surface area contributed by atoms with Crippen molar-refractivity contribution >= 4 is 53.4 Å². The third kappa shape index (κ3) is 5.57. The molecule has 0 radical (unpaired) electrons. The van der Waals surface area contributed by atoms with Crippen LogP contribution in [-0.2, 0) is 5.41 Å². The van der Waals surface area contributed by atoms with Gasteiger partial charge >= 0.3 is 0 Å². The minimum atomic E-state index is -0.484. The number of nitrogens with zero attached hydrogens (tertiary/aromatic N) is 3. The quantitative estimate of drug-likeness (QED) is 0.168. The number of thiophene rings is 1. The molecule has 0 atom stereocenters. The third-order valence-electron chi connectivity index (χ3n) is 12.9. The van der Waals surface area contributed by atoms with Crippen molar-refractivity contribution in [3.8, 4) is 56.4 Å². The Hall–Kier alpha value is -7.99. The summed E-state index contributed by atoms with van der Waals surface area (Å²) in [6.45, 7) is 0. The minimum Gasteiger partial charge on any atom is -0.456 e. The van der Waals surface area contributed by atoms with E-state index in [1.54, 1.807) is 0 Å². The lowest BCUT2D eigenvalue weighted by atomic mass is 9.67. The molecule has 0 unspecified atom stereocenters. The Bertz CT molecular complexity index is 3690. The molecule has 0 saturated heterocycles. The largest absolute Gasteiger partial charge is 0.456 e. The van der Waals surface area contributed by atoms with Crippen LogP contribution in [0.15, 0.2) is 217 Å². The van der Waals surface area contributed by atoms with E-state index < -0.39 is 5.41 Å². The van der Waals surface area contributed by atoms with E-state index in [2.05, 4.69) is 158 Å². The second-order valence-corrected chi connectivity index (χ2v) is 17.4. The highest BCUT2D eigenvalue weighted by atomic mass is 32.1. The Morgan fingerprint density at radius 3 is 1.56 bits per heavy atom. The van der Waals surface area contributed by atoms with E-state index >= 15 is 0 Å². The van der Waals surface area contributed by atoms with Gasteiger partial charge < -0.3 is 4.42 Å². The molecule has 0 N–H and O–H groups in total. The number of aromatic nitrogens is 3. The summed E-state index contributed by atoms with van der Waals surface area (Å²) in [6, 6.07) is 76.0. The predicted molar refractivity (Wildman–Crippen MR) is 259 cm³/mol. The topological polar surface area (TPSA) is 51.8 Å². The van der Waals surface area contributed by atoms with E-state index in [1.807, 2.05) is 65.9 Å². The molecule has 12 aromatic rings. The maximum atomic E-state index is 6.25. The van der Waals surface area contributed by atoms with Crippen LogP contribution in [0.5, 0.6) is 0 Å². The zero-order chi connectivity index (χ0) is 41.5. The van der Waals surface area contributed by atoms with E-state index in [0.717, 1.165) is 49.8 Å². The van der Waals surface area contributed by atoms with Crippen molar-refractivity contribution in [3.05, 3.63) is 235 Å². The maximum absolute atomic E-state index is 6.25. The fraction of sp³-hybridized carbons (Fsp3) is 0.0172. The molecule has 63 heavy (non-hydrogen) atoms. The van der Waals surface area contributed by atoms with Gasteiger partial charge in [0.2, 0.25) is 0 Å². The smallest absolute Gasteiger partial charge is 0.164 e. The standard InChI is InChI=1S/C58H35N3OS/c1-2-12-38(13-3-1)55-59-56(61-57(60-55)40-28-32-46-45-16-6-10-20-51(45)62-52(46)34-40)39-24-22-36(23-25-39)37-26-29-41(30-27-37)58(49-18-8-4-14-43(49)44-15-5-9-19-50(44)58)42-31-33-48-47-17-7-11-21-53(47)63-54(48)35-42/h1-35H. The van der Waals surface area contributed by atoms with Crippen LogP contribution < -0.4 is 0 Å². The zero-order valence-corrected chi connectivity index (χ0v) is 34.7. The Balaban J connectivity index is 0.895. The summed E-state index contributed by atoms with van der Waals surface area (Å²) in [5.41, 5.74) is 13.9. The van der Waals surface area contributed by atoms with Crippen molar-refractivity contribution in [3.63, 3.8) is 0 Å². The lowest BCUT2D eigenvalue weighted by molar-refractivity contribution is 0.669. The van der Waals surface area contributed by atoms with E-state index in [9.17, 15) is 0 Å². The highest BCUT2D eigenvalue weighted by Crippen LogP contribution is 2.56. The number of fused-ring (bicyclic) bond motifs is 9. The summed E-state index contributed by atoms with van der Waals surface area (Å²) in [5.74, 6) is 1.83. The van der Waals surface area contributed by atoms with Gasteiger partial charge in [-0.1, -0.05) is 182 Å². The summed E-state index contributed by atoms with van der Waals surface area (Å²) >= 11 is 1.87. The summed E-state index contributed by atoms with van der Waals surface area (Å²) < 4.78 is 8.87. The van der Waals surface area contributed by atoms with Crippen molar-refractivity contribution in [1.82, 2.24) is 15.0 Å². The van der Waals surface area contributed by atoms with Crippen LogP contribution >= 0.6 is 11.3 Å². The Morgan fingerprint density at radius 1 is 0.333 bits per heavy atom. The first-order valence-corrected chi connectivity index (χ1v) is 22.1. The van der Waals surface area contributed by atoms with Crippen LogP contribution in [0.25, 0.3) is 98.5 Å². The first-order valence-electron chi connectivity index (χ1n) is 21.2. The van der Waals surface area contributed by atoms with Crippen LogP contribution in [0, 0.1) is 0 Å². The minimum absolute atomic E-state index is 0.484. The van der Waals surface area contributed by atoms with Crippen molar-refractivity contribution in [1.29, 1.82) is 0 Å². The number of furan rings is 1. The van der Waals surface area contributed by atoms with Crippen LogP contribution in [0.2, 0.25) is 0 Å². The SMILES string of the molecule is c1ccc(-c2nc(-c3ccc(-c4ccc(C5(c6ccc7c(c6)sc6ccccc67)c6ccccc6-c6ccccc65)cc4)cc3)nc(-c3ccc4c(c3)oc3ccccc34)n2)cc1. The van der Waals surface area contributed by atoms with Gasteiger partial charge in [-0.05, 0) is 74.8 Å². The van der Waals surface area contributed by atoms with Gasteiger partial charge in [-0.15, -0.1) is 11.3 Å². The summed E-state index contributed by atoms with van der Waals surface area (Å²) in [5, 5.41) is 4.78. The molecular weight excluding hydrogens is 787 g/mol. The lowest BCUT2D eigenvalue weighted by Crippen LogP contribution is -2.28. The summed E-state index contributed by atoms with van der Waals surface area (Å²) in [4.78, 5) is 15.1. The van der Waals surface area contributed by atoms with Gasteiger partial charge in [0.1, 0.15) is 11.2 Å². The molecule has 0 fully saturated rings. The van der Waals surface area contributed by atoms with Crippen LogP contribution in [0.3, 0.4) is 0 Å². The molecule has 5 heteroatoms. The highest BCUT2D eigenvalue weighted by Gasteiger charge is 2.46. The number of benzene rings is 9. The second-order valence-electron chi connectivity index (χ2n) is 16.3. The Morgan fingerprint density at radius 2 is 0.825 bits per heavy atom. The van der Waals surface area contributed by atoms with E-state index in [4.69, 9.17) is 19.4 Å². The second kappa shape index (κ2) is 14.0. The molecule has 0 saturated carbocycles. The van der Waals surface area contributed by atoms with Gasteiger partial charge in [0.25, 0.3) is 0 Å². The van der Waals surface area contributed by atoms with Gasteiger partial charge in [-0.25, -0.2) is 15.0 Å². The fourth-order valence-corrected chi connectivity index (χ4v) is 11.1. The third-order valence-corrected chi connectivity index (χ3v) is 14.0. The number of para-hydroxylation sites is 1. The number of hydrogen-bond acceptors (Lipinski definition) is 5. The van der Waals surface area contributed by atoms with Crippen molar-refractivity contribution in [2.45, 2.75) is 5.41 Å². The molecular formula is C58H35N3OS. The summed E-state index contributed by atoms with van der Waals surface area (Å²) in [7, 11) is 0. The van der Waals surface area contributed by atoms with E-state index in [-0.39, 0.29) is 0 Å². The molecule has 0 bridgehead atoms. The van der Waals surface area contributed by atoms with Crippen molar-refractivity contribution in [2.75, 3.05) is 0 Å². The van der Waals surface area contributed by atoms with E-state index in [1.165, 1.54) is 53.6 Å². The van der Waals surface area contributed by atoms with Gasteiger partial charge in [-0.3, -0.25) is 0 Å². The van der Waals surface area contributed by atoms with Crippen molar-refractivity contribution in [2.24, 2.45) is 0 Å². The average Bonchev–Trinajstić information content (AvgIpc) is 4.02. The molecule has 1 aliphatic carbocycles. The van der Waals surface area contributed by atoms with Crippen LogP contribution in [0.1, 0.15) is 22.3 Å². The normalized spacial score (nSPS) is 12.9. The predicted octanol–water partition coefficient (Wildman–Crippen LogP) is 15.2. The molecule has 3 heterocycles. The van der Waals surface area contributed by atoms with Gasteiger partial charge in [-0.2, -0.15) is 0 Å². The van der Waals surface area contributed by atoms with Crippen LogP contribution in [-0.4, -0.2) is 15.0 Å². The van der Waals surface area contributed by atoms with Gasteiger partial charge in [0.05, 0.1) is 5.41 Å². The highest BCUT2D eigenvalue weighted by molar-refractivity contribution is 7.25. The number of hydrogen-bond donors (Lipinski definition) is 0. The zero-order valence-electron chi connectivity index (χ0n) is 33.9. The fourth-order valence-electron chi connectivity index (χ4n) is 9.92. The summed E-state index contributed by atoms with van der Waals surface area (Å²) in [6.07, 6.45) is 0. The first kappa shape index (κ1) is 35.7. The lowest BCUT2D eigenvalue weighted by Gasteiger charge is -2.34. The molecule has 3 aromatic heterocycles. The van der Waals surface area contributed by atoms with Crippen molar-refractivity contribution < 1.29 is 4.42 Å². The monoisotopic (exact) mass is 821 g/mol. The first-order chi connectivity index (χ1) is 31.2. The molecule has 9 aromatic carbocycles. The molecule has 0 aliphatic heterocycles. The van der Waals surface area contributed by atoms with Gasteiger partial charge in [0.15, 0.2) is 17.5 Å². The maximum Gasteiger partial charge on any atom is 0.164 e. The molecule has 294 valence electrons.